The second-order valence-corrected chi connectivity index (χ2v) is 10.2. The van der Waals surface area contributed by atoms with Gasteiger partial charge in [0.1, 0.15) is 17.4 Å². The van der Waals surface area contributed by atoms with Crippen LogP contribution in [0.5, 0.6) is 11.5 Å². The number of nitrogens with zero attached hydrogens (tertiary/aromatic N) is 1. The van der Waals surface area contributed by atoms with Crippen LogP contribution in [0.15, 0.2) is 41.4 Å². The average molecular weight is 585 g/mol. The van der Waals surface area contributed by atoms with E-state index in [0.29, 0.717) is 35.8 Å². The smallest absolute Gasteiger partial charge is 0.341 e. The Morgan fingerprint density at radius 3 is 2.43 bits per heavy atom. The minimum atomic E-state index is -0.802. The van der Waals surface area contributed by atoms with E-state index in [-0.39, 0.29) is 42.8 Å². The molecule has 42 heavy (non-hydrogen) atoms. The van der Waals surface area contributed by atoms with Crippen LogP contribution in [-0.4, -0.2) is 50.1 Å². The minimum absolute atomic E-state index is 0.0503. The van der Waals surface area contributed by atoms with Crippen molar-refractivity contribution in [3.05, 3.63) is 58.9 Å². The quantitative estimate of drug-likeness (QED) is 0.183. The maximum Gasteiger partial charge on any atom is 0.341 e. The van der Waals surface area contributed by atoms with Crippen LogP contribution < -0.4 is 25.8 Å². The molecule has 228 valence electrons. The SMILES string of the molecule is CCOC(=O)c1ccc(CC(=O)NC(N)=NC(CC2CCCCC2)C(=O)NCc2ccc(F)c(OC)c2)cc1OCC. The van der Waals surface area contributed by atoms with E-state index in [0.717, 1.165) is 25.7 Å². The monoisotopic (exact) mass is 584 g/mol. The zero-order valence-corrected chi connectivity index (χ0v) is 24.5. The van der Waals surface area contributed by atoms with Gasteiger partial charge < -0.3 is 25.3 Å². The first kappa shape index (κ1) is 32.4. The van der Waals surface area contributed by atoms with Gasteiger partial charge in [-0.05, 0) is 61.6 Å². The third-order valence-corrected chi connectivity index (χ3v) is 7.03. The molecule has 0 saturated heterocycles. The molecule has 0 bridgehead atoms. The maximum atomic E-state index is 13.8. The van der Waals surface area contributed by atoms with Crippen molar-refractivity contribution in [2.24, 2.45) is 16.6 Å². The highest BCUT2D eigenvalue weighted by atomic mass is 19.1. The highest BCUT2D eigenvalue weighted by Crippen LogP contribution is 2.28. The van der Waals surface area contributed by atoms with Gasteiger partial charge in [-0.1, -0.05) is 44.2 Å². The summed E-state index contributed by atoms with van der Waals surface area (Å²) in [5, 5.41) is 5.43. The van der Waals surface area contributed by atoms with E-state index in [4.69, 9.17) is 19.9 Å². The van der Waals surface area contributed by atoms with Crippen LogP contribution in [0.25, 0.3) is 0 Å². The molecule has 1 atom stereocenters. The Balaban J connectivity index is 1.68. The number of halogens is 1. The molecule has 3 rings (SSSR count). The number of nitrogens with two attached hydrogens (primary N) is 1. The third kappa shape index (κ3) is 9.74. The van der Waals surface area contributed by atoms with Crippen LogP contribution in [0.3, 0.4) is 0 Å². The first-order valence-electron chi connectivity index (χ1n) is 14.4. The van der Waals surface area contributed by atoms with Crippen molar-refractivity contribution in [1.82, 2.24) is 10.6 Å². The molecule has 10 nitrogen and oxygen atoms in total. The predicted molar refractivity (Wildman–Crippen MR) is 157 cm³/mol. The molecule has 1 aliphatic carbocycles. The summed E-state index contributed by atoms with van der Waals surface area (Å²) in [7, 11) is 1.38. The number of aliphatic imine (C=N–C) groups is 1. The molecule has 0 heterocycles. The first-order chi connectivity index (χ1) is 20.2. The van der Waals surface area contributed by atoms with Crippen LogP contribution in [0.4, 0.5) is 4.39 Å². The molecule has 1 saturated carbocycles. The van der Waals surface area contributed by atoms with Crippen molar-refractivity contribution in [3.8, 4) is 11.5 Å². The largest absolute Gasteiger partial charge is 0.494 e. The number of rotatable bonds is 13. The van der Waals surface area contributed by atoms with Crippen LogP contribution in [0.1, 0.15) is 73.9 Å². The molecule has 2 aromatic carbocycles. The Hall–Kier alpha value is -4.15. The van der Waals surface area contributed by atoms with Crippen LogP contribution in [-0.2, 0) is 27.3 Å². The molecular formula is C31H41FN4O6. The van der Waals surface area contributed by atoms with Gasteiger partial charge in [-0.25, -0.2) is 14.2 Å². The van der Waals surface area contributed by atoms with Crippen molar-refractivity contribution < 1.29 is 33.0 Å². The molecule has 0 aromatic heterocycles. The Morgan fingerprint density at radius 1 is 1.02 bits per heavy atom. The summed E-state index contributed by atoms with van der Waals surface area (Å²) in [6, 6.07) is 8.40. The number of methoxy groups -OCH3 is 1. The van der Waals surface area contributed by atoms with Gasteiger partial charge in [0.25, 0.3) is 0 Å². The highest BCUT2D eigenvalue weighted by Gasteiger charge is 2.25. The van der Waals surface area contributed by atoms with Crippen molar-refractivity contribution in [1.29, 1.82) is 0 Å². The lowest BCUT2D eigenvalue weighted by Crippen LogP contribution is -2.42. The molecule has 11 heteroatoms. The van der Waals surface area contributed by atoms with Crippen molar-refractivity contribution >= 4 is 23.7 Å². The van der Waals surface area contributed by atoms with Gasteiger partial charge in [0, 0.05) is 6.54 Å². The zero-order chi connectivity index (χ0) is 30.5. The van der Waals surface area contributed by atoms with Crippen LogP contribution in [0.2, 0.25) is 0 Å². The molecule has 0 aliphatic heterocycles. The van der Waals surface area contributed by atoms with E-state index in [1.807, 2.05) is 0 Å². The molecule has 1 aliphatic rings. The zero-order valence-electron chi connectivity index (χ0n) is 24.5. The van der Waals surface area contributed by atoms with Gasteiger partial charge in [-0.3, -0.25) is 14.9 Å². The number of hydrogen-bond acceptors (Lipinski definition) is 7. The normalized spacial score (nSPS) is 14.5. The summed E-state index contributed by atoms with van der Waals surface area (Å²) in [4.78, 5) is 42.6. The number of hydrogen-bond donors (Lipinski definition) is 3. The van der Waals surface area contributed by atoms with Gasteiger partial charge in [0.15, 0.2) is 17.5 Å². The first-order valence-corrected chi connectivity index (χ1v) is 14.4. The van der Waals surface area contributed by atoms with Gasteiger partial charge in [0.05, 0.1) is 26.7 Å². The highest BCUT2D eigenvalue weighted by molar-refractivity contribution is 5.98. The molecule has 1 unspecified atom stereocenters. The van der Waals surface area contributed by atoms with Gasteiger partial charge in [-0.2, -0.15) is 0 Å². The number of nitrogens with one attached hydrogen (secondary N) is 2. The fraction of sp³-hybridized carbons (Fsp3) is 0.484. The van der Waals surface area contributed by atoms with Crippen molar-refractivity contribution in [2.75, 3.05) is 20.3 Å². The standard InChI is InChI=1S/C31H41FN4O6/c1-4-41-26-16-21(11-13-23(26)30(39)42-5-2)18-28(37)36-31(33)35-25(15-20-9-7-6-8-10-20)29(38)34-19-22-12-14-24(32)27(17-22)40-3/h11-14,16-17,20,25H,4-10,15,18-19H2,1-3H3,(H,34,38)(H3,33,35,36,37). The molecule has 2 amide bonds. The Kier molecular flexibility index (Phi) is 12.6. The molecule has 4 N–H and O–H groups in total. The molecule has 2 aromatic rings. The number of amides is 2. The second kappa shape index (κ2) is 16.3. The average Bonchev–Trinajstić information content (AvgIpc) is 2.97. The van der Waals surface area contributed by atoms with E-state index in [1.165, 1.54) is 25.7 Å². The Morgan fingerprint density at radius 2 is 1.74 bits per heavy atom. The fourth-order valence-electron chi connectivity index (χ4n) is 4.98. The third-order valence-electron chi connectivity index (χ3n) is 7.03. The fourth-order valence-corrected chi connectivity index (χ4v) is 4.98. The minimum Gasteiger partial charge on any atom is -0.494 e. The number of guanidine groups is 1. The number of carbonyl (C=O) groups is 3. The Labute approximate surface area is 246 Å². The van der Waals surface area contributed by atoms with E-state index < -0.39 is 23.7 Å². The van der Waals surface area contributed by atoms with E-state index in [9.17, 15) is 18.8 Å². The number of carbonyl (C=O) groups excluding carboxylic acids is 3. The summed E-state index contributed by atoms with van der Waals surface area (Å²) in [5.74, 6) is -1.18. The number of esters is 1. The van der Waals surface area contributed by atoms with Gasteiger partial charge >= 0.3 is 5.97 Å². The summed E-state index contributed by atoms with van der Waals surface area (Å²) in [6.45, 7) is 4.23. The molecular weight excluding hydrogens is 543 g/mol. The second-order valence-electron chi connectivity index (χ2n) is 10.2. The lowest BCUT2D eigenvalue weighted by molar-refractivity contribution is -0.123. The summed E-state index contributed by atoms with van der Waals surface area (Å²) in [6.07, 6.45) is 5.84. The lowest BCUT2D eigenvalue weighted by atomic mass is 9.84. The predicted octanol–water partition coefficient (Wildman–Crippen LogP) is 4.04. The molecule has 0 spiro atoms. The van der Waals surface area contributed by atoms with Gasteiger partial charge in [0.2, 0.25) is 11.8 Å². The van der Waals surface area contributed by atoms with Crippen molar-refractivity contribution in [3.63, 3.8) is 0 Å². The Bertz CT molecular complexity index is 1260. The summed E-state index contributed by atoms with van der Waals surface area (Å²) < 4.78 is 29.4. The topological polar surface area (TPSA) is 141 Å². The van der Waals surface area contributed by atoms with E-state index >= 15 is 0 Å². The van der Waals surface area contributed by atoms with E-state index in [2.05, 4.69) is 15.6 Å². The maximum absolute atomic E-state index is 13.8. The van der Waals surface area contributed by atoms with Crippen LogP contribution in [0, 0.1) is 11.7 Å². The van der Waals surface area contributed by atoms with Crippen LogP contribution >= 0.6 is 0 Å². The number of ether oxygens (including phenoxy) is 3. The van der Waals surface area contributed by atoms with E-state index in [1.54, 1.807) is 38.1 Å². The lowest BCUT2D eigenvalue weighted by Gasteiger charge is -2.24. The van der Waals surface area contributed by atoms with Gasteiger partial charge in [-0.15, -0.1) is 0 Å². The number of benzene rings is 2. The van der Waals surface area contributed by atoms with Crippen molar-refractivity contribution in [2.45, 2.75) is 71.4 Å². The molecule has 0 radical (unpaired) electrons. The molecule has 1 fully saturated rings. The summed E-state index contributed by atoms with van der Waals surface area (Å²) in [5.41, 5.74) is 7.65. The summed E-state index contributed by atoms with van der Waals surface area (Å²) >= 11 is 0.